The van der Waals surface area contributed by atoms with Crippen LogP contribution in [0.15, 0.2) is 12.1 Å². The van der Waals surface area contributed by atoms with Gasteiger partial charge in [0.05, 0.1) is 5.52 Å². The number of hydrogen-bond acceptors (Lipinski definition) is 4. The Morgan fingerprint density at radius 3 is 2.79 bits per heavy atom. The summed E-state index contributed by atoms with van der Waals surface area (Å²) in [6, 6.07) is 3.73. The van der Waals surface area contributed by atoms with Crippen molar-refractivity contribution in [2.45, 2.75) is 0 Å². The van der Waals surface area contributed by atoms with E-state index in [9.17, 15) is 4.79 Å². The highest BCUT2D eigenvalue weighted by molar-refractivity contribution is 5.80. The SMILES string of the molecule is CN(C)c1ccc2[nH]c(C=O)nc2n1. The van der Waals surface area contributed by atoms with Crippen LogP contribution in [0.4, 0.5) is 5.82 Å². The molecule has 0 saturated heterocycles. The van der Waals surface area contributed by atoms with Gasteiger partial charge in [0.25, 0.3) is 0 Å². The van der Waals surface area contributed by atoms with Crippen LogP contribution in [0.5, 0.6) is 0 Å². The molecule has 0 aliphatic carbocycles. The molecule has 2 aromatic heterocycles. The predicted molar refractivity (Wildman–Crippen MR) is 53.6 cm³/mol. The van der Waals surface area contributed by atoms with Crippen LogP contribution in [0.2, 0.25) is 0 Å². The number of hydrogen-bond donors (Lipinski definition) is 1. The Labute approximate surface area is 80.8 Å². The van der Waals surface area contributed by atoms with E-state index >= 15 is 0 Å². The number of imidazole rings is 1. The van der Waals surface area contributed by atoms with Crippen LogP contribution in [0, 0.1) is 0 Å². The first-order chi connectivity index (χ1) is 6.70. The Balaban J connectivity index is 2.59. The number of aromatic amines is 1. The second kappa shape index (κ2) is 3.10. The van der Waals surface area contributed by atoms with Crippen molar-refractivity contribution in [3.63, 3.8) is 0 Å². The van der Waals surface area contributed by atoms with Crippen molar-refractivity contribution in [2.24, 2.45) is 0 Å². The lowest BCUT2D eigenvalue weighted by molar-refractivity contribution is 0.111. The molecular formula is C9H10N4O. The molecule has 0 radical (unpaired) electrons. The number of aromatic nitrogens is 3. The largest absolute Gasteiger partial charge is 0.363 e. The molecule has 5 heteroatoms. The van der Waals surface area contributed by atoms with Gasteiger partial charge in [-0.3, -0.25) is 4.79 Å². The van der Waals surface area contributed by atoms with Gasteiger partial charge in [0, 0.05) is 14.1 Å². The molecule has 0 fully saturated rings. The van der Waals surface area contributed by atoms with E-state index in [0.717, 1.165) is 11.3 Å². The topological polar surface area (TPSA) is 61.9 Å². The molecule has 0 aliphatic heterocycles. The molecule has 0 unspecified atom stereocenters. The van der Waals surface area contributed by atoms with Crippen molar-refractivity contribution in [2.75, 3.05) is 19.0 Å². The summed E-state index contributed by atoms with van der Waals surface area (Å²) < 4.78 is 0. The number of fused-ring (bicyclic) bond motifs is 1. The first-order valence-electron chi connectivity index (χ1n) is 4.20. The number of carbonyl (C=O) groups is 1. The van der Waals surface area contributed by atoms with Crippen LogP contribution in [-0.4, -0.2) is 35.3 Å². The Hall–Kier alpha value is -1.91. The molecule has 72 valence electrons. The fourth-order valence-corrected chi connectivity index (χ4v) is 1.21. The van der Waals surface area contributed by atoms with Crippen molar-refractivity contribution in [3.8, 4) is 0 Å². The highest BCUT2D eigenvalue weighted by atomic mass is 16.1. The van der Waals surface area contributed by atoms with Gasteiger partial charge in [-0.05, 0) is 12.1 Å². The fourth-order valence-electron chi connectivity index (χ4n) is 1.21. The van der Waals surface area contributed by atoms with Crippen molar-refractivity contribution in [1.29, 1.82) is 0 Å². The molecule has 5 nitrogen and oxygen atoms in total. The standard InChI is InChI=1S/C9H10N4O/c1-13(2)8-4-3-6-9(12-8)11-7(5-14)10-6/h3-5H,1-2H3,(H,10,11,12). The fraction of sp³-hybridized carbons (Fsp3) is 0.222. The Bertz CT molecular complexity index is 475. The van der Waals surface area contributed by atoms with E-state index in [0.29, 0.717) is 17.8 Å². The third kappa shape index (κ3) is 1.32. The molecular weight excluding hydrogens is 180 g/mol. The summed E-state index contributed by atoms with van der Waals surface area (Å²) in [5.41, 5.74) is 1.34. The Morgan fingerprint density at radius 1 is 1.36 bits per heavy atom. The zero-order valence-electron chi connectivity index (χ0n) is 7.98. The third-order valence-electron chi connectivity index (χ3n) is 1.92. The van der Waals surface area contributed by atoms with Crippen LogP contribution in [0.25, 0.3) is 11.2 Å². The Morgan fingerprint density at radius 2 is 2.14 bits per heavy atom. The summed E-state index contributed by atoms with van der Waals surface area (Å²) >= 11 is 0. The van der Waals surface area contributed by atoms with Crippen LogP contribution < -0.4 is 4.90 Å². The number of aldehydes is 1. The van der Waals surface area contributed by atoms with E-state index < -0.39 is 0 Å². The average Bonchev–Trinajstić information content (AvgIpc) is 2.58. The monoisotopic (exact) mass is 190 g/mol. The van der Waals surface area contributed by atoms with E-state index in [4.69, 9.17) is 0 Å². The second-order valence-corrected chi connectivity index (χ2v) is 3.17. The maximum Gasteiger partial charge on any atom is 0.185 e. The normalized spacial score (nSPS) is 10.4. The van der Waals surface area contributed by atoms with E-state index in [2.05, 4.69) is 15.0 Å². The van der Waals surface area contributed by atoms with E-state index in [1.54, 1.807) is 0 Å². The van der Waals surface area contributed by atoms with Crippen molar-refractivity contribution in [1.82, 2.24) is 15.0 Å². The molecule has 1 N–H and O–H groups in total. The number of nitrogens with zero attached hydrogens (tertiary/aromatic N) is 3. The van der Waals surface area contributed by atoms with Gasteiger partial charge in [0.15, 0.2) is 17.8 Å². The number of pyridine rings is 1. The van der Waals surface area contributed by atoms with E-state index in [1.165, 1.54) is 0 Å². The highest BCUT2D eigenvalue weighted by Crippen LogP contribution is 2.13. The molecule has 0 saturated carbocycles. The van der Waals surface area contributed by atoms with Gasteiger partial charge in [-0.1, -0.05) is 0 Å². The first kappa shape index (κ1) is 8.68. The van der Waals surface area contributed by atoms with Gasteiger partial charge < -0.3 is 9.88 Å². The quantitative estimate of drug-likeness (QED) is 0.713. The molecule has 0 atom stereocenters. The number of carbonyl (C=O) groups excluding carboxylic acids is 1. The zero-order chi connectivity index (χ0) is 10.1. The highest BCUT2D eigenvalue weighted by Gasteiger charge is 2.04. The van der Waals surface area contributed by atoms with E-state index in [-0.39, 0.29) is 0 Å². The first-order valence-corrected chi connectivity index (χ1v) is 4.20. The van der Waals surface area contributed by atoms with Gasteiger partial charge in [0.2, 0.25) is 0 Å². The molecule has 0 spiro atoms. The average molecular weight is 190 g/mol. The van der Waals surface area contributed by atoms with Gasteiger partial charge in [-0.25, -0.2) is 9.97 Å². The van der Waals surface area contributed by atoms with Crippen molar-refractivity contribution >= 4 is 23.3 Å². The molecule has 2 aromatic rings. The minimum Gasteiger partial charge on any atom is -0.363 e. The smallest absolute Gasteiger partial charge is 0.185 e. The van der Waals surface area contributed by atoms with Gasteiger partial charge in [-0.15, -0.1) is 0 Å². The molecule has 0 amide bonds. The van der Waals surface area contributed by atoms with Gasteiger partial charge >= 0.3 is 0 Å². The zero-order valence-corrected chi connectivity index (χ0v) is 7.98. The van der Waals surface area contributed by atoms with Crippen LogP contribution in [0.1, 0.15) is 10.6 Å². The molecule has 14 heavy (non-hydrogen) atoms. The van der Waals surface area contributed by atoms with Crippen LogP contribution in [0.3, 0.4) is 0 Å². The lowest BCUT2D eigenvalue weighted by Gasteiger charge is -2.09. The van der Waals surface area contributed by atoms with Crippen LogP contribution >= 0.6 is 0 Å². The van der Waals surface area contributed by atoms with Crippen molar-refractivity contribution in [3.05, 3.63) is 18.0 Å². The summed E-state index contributed by atoms with van der Waals surface area (Å²) in [7, 11) is 3.81. The maximum atomic E-state index is 10.5. The number of anilines is 1. The summed E-state index contributed by atoms with van der Waals surface area (Å²) in [6.07, 6.45) is 0.678. The predicted octanol–water partition coefficient (Wildman–Crippen LogP) is 0.836. The number of H-pyrrole nitrogens is 1. The number of nitrogens with one attached hydrogen (secondary N) is 1. The van der Waals surface area contributed by atoms with Crippen molar-refractivity contribution < 1.29 is 4.79 Å². The molecule has 2 heterocycles. The van der Waals surface area contributed by atoms with Gasteiger partial charge in [-0.2, -0.15) is 0 Å². The summed E-state index contributed by atoms with van der Waals surface area (Å²) in [4.78, 5) is 23.5. The van der Waals surface area contributed by atoms with Crippen LogP contribution in [-0.2, 0) is 0 Å². The maximum absolute atomic E-state index is 10.5. The van der Waals surface area contributed by atoms with Gasteiger partial charge in [0.1, 0.15) is 5.82 Å². The lowest BCUT2D eigenvalue weighted by atomic mass is 10.4. The summed E-state index contributed by atoms with van der Waals surface area (Å²) in [5, 5.41) is 0. The Kier molecular flexibility index (Phi) is 1.92. The minimum absolute atomic E-state index is 0.309. The third-order valence-corrected chi connectivity index (χ3v) is 1.92. The minimum atomic E-state index is 0.309. The van der Waals surface area contributed by atoms with E-state index in [1.807, 2.05) is 31.1 Å². The second-order valence-electron chi connectivity index (χ2n) is 3.17. The summed E-state index contributed by atoms with van der Waals surface area (Å²) in [6.45, 7) is 0. The molecule has 0 aliphatic rings. The lowest BCUT2D eigenvalue weighted by Crippen LogP contribution is -2.10. The molecule has 0 bridgehead atoms. The molecule has 2 rings (SSSR count). The molecule has 0 aromatic carbocycles. The number of rotatable bonds is 2. The summed E-state index contributed by atoms with van der Waals surface area (Å²) in [5.74, 6) is 1.13.